The zero-order valence-electron chi connectivity index (χ0n) is 18.0. The summed E-state index contributed by atoms with van der Waals surface area (Å²) in [6, 6.07) is 8.56. The minimum atomic E-state index is 0.420. The van der Waals surface area contributed by atoms with Crippen LogP contribution in [0.1, 0.15) is 17.2 Å². The van der Waals surface area contributed by atoms with Crippen molar-refractivity contribution in [2.24, 2.45) is 11.8 Å². The van der Waals surface area contributed by atoms with Gasteiger partial charge in [0.25, 0.3) is 5.89 Å². The SMILES string of the molecule is COc1ccc(CCNc2ncc(-c3nnc(N4C[C@@H]5C(c6cn[nH]n6)[C@@H]5C4)o3)cn2)cc1. The molecule has 6 rings (SSSR count). The highest BCUT2D eigenvalue weighted by molar-refractivity contribution is 5.52. The van der Waals surface area contributed by atoms with Gasteiger partial charge in [-0.05, 0) is 36.0 Å². The summed E-state index contributed by atoms with van der Waals surface area (Å²) in [5.74, 6) is 3.45. The Balaban J connectivity index is 1.02. The number of hydrogen-bond acceptors (Lipinski definition) is 10. The summed E-state index contributed by atoms with van der Waals surface area (Å²) in [5, 5.41) is 22.5. The van der Waals surface area contributed by atoms with Gasteiger partial charge in [0.15, 0.2) is 0 Å². The van der Waals surface area contributed by atoms with Crippen molar-refractivity contribution < 1.29 is 9.15 Å². The molecule has 1 aliphatic heterocycles. The zero-order chi connectivity index (χ0) is 22.2. The zero-order valence-corrected chi connectivity index (χ0v) is 18.0. The Hall–Kier alpha value is -4.02. The van der Waals surface area contributed by atoms with Crippen molar-refractivity contribution in [3.8, 4) is 17.2 Å². The van der Waals surface area contributed by atoms with E-state index in [-0.39, 0.29) is 0 Å². The molecule has 2 N–H and O–H groups in total. The van der Waals surface area contributed by atoms with E-state index in [4.69, 9.17) is 9.15 Å². The van der Waals surface area contributed by atoms with E-state index in [0.29, 0.717) is 41.2 Å². The quantitative estimate of drug-likeness (QED) is 0.416. The normalized spacial score (nSPS) is 21.1. The molecule has 2 fully saturated rings. The Bertz CT molecular complexity index is 1200. The number of aromatic nitrogens is 7. The first-order chi connectivity index (χ1) is 16.3. The van der Waals surface area contributed by atoms with E-state index >= 15 is 0 Å². The lowest BCUT2D eigenvalue weighted by molar-refractivity contribution is 0.414. The number of nitrogens with zero attached hydrogens (tertiary/aromatic N) is 7. The van der Waals surface area contributed by atoms with Gasteiger partial charge in [0.1, 0.15) is 5.75 Å². The summed E-state index contributed by atoms with van der Waals surface area (Å²) in [6.07, 6.45) is 6.07. The minimum Gasteiger partial charge on any atom is -0.497 e. The first-order valence-electron chi connectivity index (χ1n) is 10.9. The average Bonchev–Trinajstić information content (AvgIpc) is 3.40. The first kappa shape index (κ1) is 19.6. The molecule has 0 bridgehead atoms. The van der Waals surface area contributed by atoms with Crippen LogP contribution in [0.15, 0.2) is 47.3 Å². The molecule has 11 heteroatoms. The van der Waals surface area contributed by atoms with Crippen LogP contribution in [0.25, 0.3) is 11.5 Å². The number of hydrogen-bond donors (Lipinski definition) is 2. The third-order valence-electron chi connectivity index (χ3n) is 6.41. The Kier molecular flexibility index (Phi) is 4.85. The topological polar surface area (TPSA) is 131 Å². The summed E-state index contributed by atoms with van der Waals surface area (Å²) in [7, 11) is 1.66. The fourth-order valence-corrected chi connectivity index (χ4v) is 4.59. The summed E-state index contributed by atoms with van der Waals surface area (Å²) >= 11 is 0. The lowest BCUT2D eigenvalue weighted by Gasteiger charge is -2.15. The minimum absolute atomic E-state index is 0.420. The lowest BCUT2D eigenvalue weighted by Crippen LogP contribution is -2.23. The molecular formula is C22H23N9O2. The third kappa shape index (κ3) is 3.86. The molecule has 3 atom stereocenters. The monoisotopic (exact) mass is 445 g/mol. The van der Waals surface area contributed by atoms with Gasteiger partial charge in [-0.3, -0.25) is 0 Å². The third-order valence-corrected chi connectivity index (χ3v) is 6.41. The summed E-state index contributed by atoms with van der Waals surface area (Å²) in [6.45, 7) is 2.50. The molecule has 3 aromatic heterocycles. The van der Waals surface area contributed by atoms with Crippen molar-refractivity contribution >= 4 is 12.0 Å². The molecule has 0 radical (unpaired) electrons. The molecule has 0 amide bonds. The molecule has 2 aliphatic rings. The first-order valence-corrected chi connectivity index (χ1v) is 10.9. The smallest absolute Gasteiger partial charge is 0.318 e. The molecule has 4 aromatic rings. The van der Waals surface area contributed by atoms with E-state index in [9.17, 15) is 0 Å². The number of rotatable bonds is 8. The van der Waals surface area contributed by atoms with Gasteiger partial charge >= 0.3 is 6.01 Å². The van der Waals surface area contributed by atoms with Gasteiger partial charge in [-0.15, -0.1) is 5.10 Å². The van der Waals surface area contributed by atoms with Gasteiger partial charge in [-0.25, -0.2) is 9.97 Å². The van der Waals surface area contributed by atoms with Crippen molar-refractivity contribution in [2.45, 2.75) is 12.3 Å². The van der Waals surface area contributed by atoms with Crippen LogP contribution in [-0.4, -0.2) is 62.3 Å². The highest BCUT2D eigenvalue weighted by atomic mass is 16.5. The molecule has 168 valence electrons. The number of ether oxygens (including phenoxy) is 1. The van der Waals surface area contributed by atoms with E-state index in [1.807, 2.05) is 18.3 Å². The van der Waals surface area contributed by atoms with Crippen molar-refractivity contribution in [1.82, 2.24) is 35.6 Å². The van der Waals surface area contributed by atoms with Crippen LogP contribution >= 0.6 is 0 Å². The van der Waals surface area contributed by atoms with Crippen molar-refractivity contribution in [3.63, 3.8) is 0 Å². The maximum absolute atomic E-state index is 5.91. The number of methoxy groups -OCH3 is 1. The number of nitrogens with one attached hydrogen (secondary N) is 2. The predicted octanol–water partition coefficient (Wildman–Crippen LogP) is 2.16. The van der Waals surface area contributed by atoms with Crippen molar-refractivity contribution in [3.05, 3.63) is 54.1 Å². The van der Waals surface area contributed by atoms with Crippen LogP contribution in [0, 0.1) is 11.8 Å². The molecule has 33 heavy (non-hydrogen) atoms. The van der Waals surface area contributed by atoms with E-state index in [2.05, 4.69) is 57.9 Å². The maximum Gasteiger partial charge on any atom is 0.318 e. The van der Waals surface area contributed by atoms with Gasteiger partial charge in [0, 0.05) is 37.9 Å². The number of piperidine rings is 1. The van der Waals surface area contributed by atoms with Crippen LogP contribution < -0.4 is 15.0 Å². The van der Waals surface area contributed by atoms with E-state index in [1.165, 1.54) is 5.56 Å². The lowest BCUT2D eigenvalue weighted by atomic mass is 10.1. The van der Waals surface area contributed by atoms with Gasteiger partial charge in [0.05, 0.1) is 24.6 Å². The largest absolute Gasteiger partial charge is 0.497 e. The van der Waals surface area contributed by atoms with Gasteiger partial charge in [-0.2, -0.15) is 15.4 Å². The fraction of sp³-hybridized carbons (Fsp3) is 0.364. The van der Waals surface area contributed by atoms with Crippen LogP contribution in [0.5, 0.6) is 5.75 Å². The molecule has 1 saturated carbocycles. The second kappa shape index (κ2) is 8.15. The second-order valence-corrected chi connectivity index (χ2v) is 8.36. The highest BCUT2D eigenvalue weighted by Crippen LogP contribution is 2.58. The predicted molar refractivity (Wildman–Crippen MR) is 119 cm³/mol. The van der Waals surface area contributed by atoms with Gasteiger partial charge < -0.3 is 19.4 Å². The fourth-order valence-electron chi connectivity index (χ4n) is 4.59. The second-order valence-electron chi connectivity index (χ2n) is 8.36. The molecular weight excluding hydrogens is 422 g/mol. The number of fused-ring (bicyclic) bond motifs is 1. The number of H-pyrrole nitrogens is 1. The molecule has 1 saturated heterocycles. The number of aromatic amines is 1. The summed E-state index contributed by atoms with van der Waals surface area (Å²) in [5.41, 5.74) is 2.95. The van der Waals surface area contributed by atoms with Crippen molar-refractivity contribution in [1.29, 1.82) is 0 Å². The summed E-state index contributed by atoms with van der Waals surface area (Å²) in [4.78, 5) is 10.9. The van der Waals surface area contributed by atoms with E-state index < -0.39 is 0 Å². The Morgan fingerprint density at radius 1 is 1.09 bits per heavy atom. The van der Waals surface area contributed by atoms with E-state index in [1.54, 1.807) is 19.5 Å². The number of benzene rings is 1. The number of anilines is 2. The highest BCUT2D eigenvalue weighted by Gasteiger charge is 2.58. The molecule has 1 aliphatic carbocycles. The van der Waals surface area contributed by atoms with Crippen LogP contribution in [-0.2, 0) is 6.42 Å². The molecule has 1 unspecified atom stereocenters. The van der Waals surface area contributed by atoms with Crippen LogP contribution in [0.4, 0.5) is 12.0 Å². The molecule has 0 spiro atoms. The average molecular weight is 445 g/mol. The Morgan fingerprint density at radius 3 is 2.58 bits per heavy atom. The molecule has 11 nitrogen and oxygen atoms in total. The Labute approximate surface area is 189 Å². The Morgan fingerprint density at radius 2 is 1.88 bits per heavy atom. The van der Waals surface area contributed by atoms with Crippen LogP contribution in [0.3, 0.4) is 0 Å². The van der Waals surface area contributed by atoms with Gasteiger partial charge in [-0.1, -0.05) is 17.2 Å². The molecule has 4 heterocycles. The van der Waals surface area contributed by atoms with Gasteiger partial charge in [0.2, 0.25) is 5.95 Å². The maximum atomic E-state index is 5.91. The molecule has 1 aromatic carbocycles. The van der Waals surface area contributed by atoms with Crippen molar-refractivity contribution in [2.75, 3.05) is 37.0 Å². The van der Waals surface area contributed by atoms with E-state index in [0.717, 1.165) is 37.5 Å². The van der Waals surface area contributed by atoms with Crippen LogP contribution in [0.2, 0.25) is 0 Å². The summed E-state index contributed by atoms with van der Waals surface area (Å²) < 4.78 is 11.1. The standard InChI is InChI=1S/C22H23N9O2/c1-32-15-4-2-13(3-5-15)6-7-23-21-24-8-14(9-25-21)20-28-29-22(33-20)31-11-16-17(12-31)19(16)18-10-26-30-27-18/h2-5,8-10,16-17,19H,6-7,11-12H2,1H3,(H,23,24,25)(H,26,27,30)/t16-,17+,19?.